The van der Waals surface area contributed by atoms with Crippen molar-refractivity contribution in [3.8, 4) is 0 Å². The molecule has 1 aliphatic rings. The van der Waals surface area contributed by atoms with Gasteiger partial charge in [0.1, 0.15) is 11.6 Å². The maximum Gasteiger partial charge on any atom is 0.408 e. The molecule has 29 heavy (non-hydrogen) atoms. The van der Waals surface area contributed by atoms with Gasteiger partial charge in [0.05, 0.1) is 11.8 Å². The van der Waals surface area contributed by atoms with Crippen LogP contribution in [0.3, 0.4) is 0 Å². The number of amides is 3. The molecule has 2 N–H and O–H groups in total. The third kappa shape index (κ3) is 5.98. The Balaban J connectivity index is 2.00. The van der Waals surface area contributed by atoms with Crippen LogP contribution in [0.4, 0.5) is 4.79 Å². The highest BCUT2D eigenvalue weighted by Crippen LogP contribution is 2.22. The second kappa shape index (κ2) is 9.33. The number of carbonyl (C=O) groups is 3. The van der Waals surface area contributed by atoms with Crippen molar-refractivity contribution in [3.63, 3.8) is 0 Å². The van der Waals surface area contributed by atoms with Crippen LogP contribution in [-0.2, 0) is 9.53 Å². The monoisotopic (exact) mass is 407 g/mol. The number of hydrogen-bond donors (Lipinski definition) is 2. The largest absolute Gasteiger partial charge is 0.459 e. The lowest BCUT2D eigenvalue weighted by Crippen LogP contribution is -2.57. The molecule has 2 heterocycles. The lowest BCUT2D eigenvalue weighted by atomic mass is 9.92. The van der Waals surface area contributed by atoms with Gasteiger partial charge in [-0.1, -0.05) is 13.8 Å². The molecule has 0 aliphatic carbocycles. The van der Waals surface area contributed by atoms with Crippen molar-refractivity contribution in [1.29, 1.82) is 0 Å². The van der Waals surface area contributed by atoms with Gasteiger partial charge in [-0.15, -0.1) is 0 Å². The number of furan rings is 1. The van der Waals surface area contributed by atoms with Gasteiger partial charge >= 0.3 is 6.09 Å². The third-order valence-electron chi connectivity index (χ3n) is 5.27. The van der Waals surface area contributed by atoms with Gasteiger partial charge in [0.25, 0.3) is 5.91 Å². The lowest BCUT2D eigenvalue weighted by molar-refractivity contribution is -0.125. The minimum atomic E-state index is -0.619. The Hall–Kier alpha value is -2.51. The first-order valence-electron chi connectivity index (χ1n) is 10.2. The van der Waals surface area contributed by atoms with Crippen LogP contribution >= 0.6 is 0 Å². The van der Waals surface area contributed by atoms with E-state index in [1.165, 1.54) is 6.26 Å². The fourth-order valence-corrected chi connectivity index (χ4v) is 3.44. The SMILES string of the molecule is CCC(CC)(CNC(=O)[C@H]1CCCN1C(=O)c1ccco1)NC(=O)OC(C)(C)C. The molecule has 0 unspecified atom stereocenters. The summed E-state index contributed by atoms with van der Waals surface area (Å²) < 4.78 is 10.6. The van der Waals surface area contributed by atoms with Crippen molar-refractivity contribution >= 4 is 17.9 Å². The van der Waals surface area contributed by atoms with E-state index >= 15 is 0 Å². The first-order chi connectivity index (χ1) is 13.6. The maximum absolute atomic E-state index is 12.8. The molecule has 0 aromatic carbocycles. The molecular formula is C21H33N3O5. The van der Waals surface area contributed by atoms with Crippen LogP contribution in [0.2, 0.25) is 0 Å². The van der Waals surface area contributed by atoms with E-state index in [4.69, 9.17) is 9.15 Å². The van der Waals surface area contributed by atoms with E-state index in [-0.39, 0.29) is 24.1 Å². The zero-order chi connectivity index (χ0) is 21.7. The topological polar surface area (TPSA) is 101 Å². The fourth-order valence-electron chi connectivity index (χ4n) is 3.44. The molecule has 1 aromatic rings. The predicted molar refractivity (Wildman–Crippen MR) is 108 cm³/mol. The summed E-state index contributed by atoms with van der Waals surface area (Å²) in [7, 11) is 0. The van der Waals surface area contributed by atoms with Crippen molar-refractivity contribution in [2.75, 3.05) is 13.1 Å². The van der Waals surface area contributed by atoms with Gasteiger partial charge in [-0.25, -0.2) is 4.79 Å². The predicted octanol–water partition coefficient (Wildman–Crippen LogP) is 3.08. The van der Waals surface area contributed by atoms with E-state index in [1.54, 1.807) is 37.8 Å². The first kappa shape index (κ1) is 22.8. The Labute approximate surface area is 172 Å². The number of alkyl carbamates (subject to hydrolysis) is 1. The average Bonchev–Trinajstić information content (AvgIpc) is 3.34. The van der Waals surface area contributed by atoms with Crippen LogP contribution in [-0.4, -0.2) is 53.1 Å². The smallest absolute Gasteiger partial charge is 0.408 e. The van der Waals surface area contributed by atoms with Crippen molar-refractivity contribution < 1.29 is 23.5 Å². The summed E-state index contributed by atoms with van der Waals surface area (Å²) in [4.78, 5) is 39.2. The molecule has 1 saturated heterocycles. The fraction of sp³-hybridized carbons (Fsp3) is 0.667. The molecule has 1 aromatic heterocycles. The third-order valence-corrected chi connectivity index (χ3v) is 5.27. The highest BCUT2D eigenvalue weighted by molar-refractivity contribution is 5.96. The second-order valence-electron chi connectivity index (χ2n) is 8.47. The number of likely N-dealkylation sites (tertiary alicyclic amines) is 1. The van der Waals surface area contributed by atoms with E-state index in [1.807, 2.05) is 13.8 Å². The normalized spacial score (nSPS) is 17.1. The van der Waals surface area contributed by atoms with Gasteiger partial charge < -0.3 is 24.7 Å². The van der Waals surface area contributed by atoms with Crippen LogP contribution in [0, 0.1) is 0 Å². The molecule has 1 aliphatic heterocycles. The lowest BCUT2D eigenvalue weighted by Gasteiger charge is -2.34. The summed E-state index contributed by atoms with van der Waals surface area (Å²) in [5.41, 5.74) is -1.22. The molecule has 1 fully saturated rings. The minimum absolute atomic E-state index is 0.223. The van der Waals surface area contributed by atoms with Crippen LogP contribution in [0.15, 0.2) is 22.8 Å². The number of ether oxygens (including phenoxy) is 1. The summed E-state index contributed by atoms with van der Waals surface area (Å²) in [5, 5.41) is 5.85. The van der Waals surface area contributed by atoms with Crippen molar-refractivity contribution in [2.45, 2.75) is 77.5 Å². The number of rotatable bonds is 7. The van der Waals surface area contributed by atoms with Crippen molar-refractivity contribution in [2.24, 2.45) is 0 Å². The highest BCUT2D eigenvalue weighted by Gasteiger charge is 2.37. The molecule has 8 nitrogen and oxygen atoms in total. The number of hydrogen-bond acceptors (Lipinski definition) is 5. The van der Waals surface area contributed by atoms with E-state index in [0.29, 0.717) is 25.8 Å². The summed E-state index contributed by atoms with van der Waals surface area (Å²) in [5.74, 6) is -0.274. The quantitative estimate of drug-likeness (QED) is 0.723. The highest BCUT2D eigenvalue weighted by atomic mass is 16.6. The van der Waals surface area contributed by atoms with Crippen LogP contribution < -0.4 is 10.6 Å². The number of nitrogens with zero attached hydrogens (tertiary/aromatic N) is 1. The molecule has 3 amide bonds. The summed E-state index contributed by atoms with van der Waals surface area (Å²) >= 11 is 0. The summed E-state index contributed by atoms with van der Waals surface area (Å²) in [6, 6.07) is 2.71. The molecule has 0 bridgehead atoms. The molecule has 0 spiro atoms. The average molecular weight is 408 g/mol. The van der Waals surface area contributed by atoms with E-state index in [0.717, 1.165) is 6.42 Å². The van der Waals surface area contributed by atoms with Crippen LogP contribution in [0.25, 0.3) is 0 Å². The standard InChI is InChI=1S/C21H33N3O5/c1-6-21(7-2,23-19(27)29-20(3,4)5)14-22-17(25)15-10-8-12-24(15)18(26)16-11-9-13-28-16/h9,11,13,15H,6-8,10,12,14H2,1-5H3,(H,22,25)(H,23,27)/t15-/m1/s1. The van der Waals surface area contributed by atoms with Gasteiger partial charge in [0, 0.05) is 13.1 Å². The molecule has 0 saturated carbocycles. The van der Waals surface area contributed by atoms with Gasteiger partial charge in [-0.2, -0.15) is 0 Å². The molecular weight excluding hydrogens is 374 g/mol. The minimum Gasteiger partial charge on any atom is -0.459 e. The Kier molecular flexibility index (Phi) is 7.32. The van der Waals surface area contributed by atoms with E-state index in [9.17, 15) is 14.4 Å². The number of nitrogens with one attached hydrogen (secondary N) is 2. The van der Waals surface area contributed by atoms with Crippen molar-refractivity contribution in [3.05, 3.63) is 24.2 Å². The van der Waals surface area contributed by atoms with Gasteiger partial charge in [0.15, 0.2) is 5.76 Å². The second-order valence-corrected chi connectivity index (χ2v) is 8.47. The molecule has 8 heteroatoms. The van der Waals surface area contributed by atoms with Crippen LogP contribution in [0.5, 0.6) is 0 Å². The molecule has 1 atom stereocenters. The van der Waals surface area contributed by atoms with Gasteiger partial charge in [0.2, 0.25) is 5.91 Å². The Morgan fingerprint density at radius 1 is 1.24 bits per heavy atom. The van der Waals surface area contributed by atoms with Crippen molar-refractivity contribution in [1.82, 2.24) is 15.5 Å². The summed E-state index contributed by atoms with van der Waals surface area (Å²) in [6.45, 7) is 10.1. The van der Waals surface area contributed by atoms with Crippen LogP contribution in [0.1, 0.15) is 70.9 Å². The molecule has 2 rings (SSSR count). The van der Waals surface area contributed by atoms with E-state index < -0.39 is 23.3 Å². The van der Waals surface area contributed by atoms with Gasteiger partial charge in [-0.3, -0.25) is 9.59 Å². The number of carbonyl (C=O) groups excluding carboxylic acids is 3. The zero-order valence-electron chi connectivity index (χ0n) is 18.0. The Bertz CT molecular complexity index is 704. The molecule has 0 radical (unpaired) electrons. The Morgan fingerprint density at radius 2 is 1.93 bits per heavy atom. The van der Waals surface area contributed by atoms with Gasteiger partial charge in [-0.05, 0) is 58.6 Å². The zero-order valence-corrected chi connectivity index (χ0v) is 18.0. The maximum atomic E-state index is 12.8. The first-order valence-corrected chi connectivity index (χ1v) is 10.2. The molecule has 162 valence electrons. The van der Waals surface area contributed by atoms with E-state index in [2.05, 4.69) is 10.6 Å². The Morgan fingerprint density at radius 3 is 2.48 bits per heavy atom. The summed E-state index contributed by atoms with van der Waals surface area (Å²) in [6.07, 6.45) is 3.55.